The van der Waals surface area contributed by atoms with E-state index in [0.717, 1.165) is 29.5 Å². The van der Waals surface area contributed by atoms with E-state index >= 15 is 0 Å². The molecule has 0 aliphatic carbocycles. The molecule has 168 valence electrons. The predicted molar refractivity (Wildman–Crippen MR) is 113 cm³/mol. The van der Waals surface area contributed by atoms with Crippen molar-refractivity contribution in [3.8, 4) is 11.3 Å². The molecule has 11 heteroatoms. The Bertz CT molecular complexity index is 1190. The minimum Gasteiger partial charge on any atom is -0.462 e. The quantitative estimate of drug-likeness (QED) is 0.513. The molecule has 3 aromatic rings. The van der Waals surface area contributed by atoms with Gasteiger partial charge >= 0.3 is 11.9 Å². The van der Waals surface area contributed by atoms with Gasteiger partial charge in [-0.25, -0.2) is 23.4 Å². The SMILES string of the molecule is CCOC(=O)c1c(C)[nH]c(C(=O)OCC(=O)Nc2nc(-c3cc(F)ccc3F)cs2)c1C. The van der Waals surface area contributed by atoms with Gasteiger partial charge in [-0.05, 0) is 44.5 Å². The van der Waals surface area contributed by atoms with Crippen molar-refractivity contribution in [2.24, 2.45) is 0 Å². The van der Waals surface area contributed by atoms with E-state index in [9.17, 15) is 23.2 Å². The van der Waals surface area contributed by atoms with Gasteiger partial charge in [0.25, 0.3) is 5.91 Å². The molecule has 0 saturated carbocycles. The van der Waals surface area contributed by atoms with Crippen molar-refractivity contribution in [3.05, 3.63) is 57.7 Å². The smallest absolute Gasteiger partial charge is 0.355 e. The normalized spacial score (nSPS) is 10.7. The Hall–Kier alpha value is -3.60. The Kier molecular flexibility index (Phi) is 6.98. The van der Waals surface area contributed by atoms with E-state index in [0.29, 0.717) is 11.3 Å². The number of ether oxygens (including phenoxy) is 2. The lowest BCUT2D eigenvalue weighted by Gasteiger charge is -2.05. The van der Waals surface area contributed by atoms with E-state index < -0.39 is 36.1 Å². The van der Waals surface area contributed by atoms with Crippen molar-refractivity contribution in [1.82, 2.24) is 9.97 Å². The lowest BCUT2D eigenvalue weighted by Crippen LogP contribution is -2.21. The number of rotatable bonds is 7. The molecule has 32 heavy (non-hydrogen) atoms. The van der Waals surface area contributed by atoms with Crippen LogP contribution in [0.25, 0.3) is 11.3 Å². The van der Waals surface area contributed by atoms with Crippen LogP contribution in [0.5, 0.6) is 0 Å². The van der Waals surface area contributed by atoms with E-state index in [1.54, 1.807) is 20.8 Å². The monoisotopic (exact) mass is 463 g/mol. The first-order valence-electron chi connectivity index (χ1n) is 9.45. The molecule has 0 aliphatic rings. The number of halogens is 2. The molecule has 0 atom stereocenters. The second-order valence-corrected chi connectivity index (χ2v) is 7.49. The molecule has 0 bridgehead atoms. The number of esters is 2. The van der Waals surface area contributed by atoms with E-state index in [-0.39, 0.29) is 34.3 Å². The zero-order valence-electron chi connectivity index (χ0n) is 17.4. The van der Waals surface area contributed by atoms with Gasteiger partial charge in [-0.1, -0.05) is 0 Å². The third-order valence-electron chi connectivity index (χ3n) is 4.41. The Morgan fingerprint density at radius 3 is 2.62 bits per heavy atom. The number of aromatic amines is 1. The number of carbonyl (C=O) groups excluding carboxylic acids is 3. The van der Waals surface area contributed by atoms with Crippen LogP contribution in [0.1, 0.15) is 39.0 Å². The number of amides is 1. The molecule has 2 N–H and O–H groups in total. The third-order valence-corrected chi connectivity index (χ3v) is 5.17. The zero-order valence-corrected chi connectivity index (χ0v) is 18.2. The molecule has 0 aliphatic heterocycles. The van der Waals surface area contributed by atoms with Crippen LogP contribution in [0.4, 0.5) is 13.9 Å². The minimum absolute atomic E-state index is 0.0384. The Labute approximate surface area is 185 Å². The van der Waals surface area contributed by atoms with Crippen molar-refractivity contribution < 1.29 is 32.6 Å². The van der Waals surface area contributed by atoms with Crippen LogP contribution in [0, 0.1) is 25.5 Å². The van der Waals surface area contributed by atoms with Crippen molar-refractivity contribution >= 4 is 34.3 Å². The molecule has 0 fully saturated rings. The van der Waals surface area contributed by atoms with Gasteiger partial charge in [-0.2, -0.15) is 0 Å². The summed E-state index contributed by atoms with van der Waals surface area (Å²) in [7, 11) is 0. The summed E-state index contributed by atoms with van der Waals surface area (Å²) in [5.41, 5.74) is 1.19. The van der Waals surface area contributed by atoms with Gasteiger partial charge in [0.05, 0.1) is 17.9 Å². The summed E-state index contributed by atoms with van der Waals surface area (Å²) in [6, 6.07) is 2.98. The summed E-state index contributed by atoms with van der Waals surface area (Å²) in [6.07, 6.45) is 0. The van der Waals surface area contributed by atoms with Crippen LogP contribution in [0.2, 0.25) is 0 Å². The maximum atomic E-state index is 13.9. The molecule has 3 rings (SSSR count). The molecule has 2 aromatic heterocycles. The molecular formula is C21H19F2N3O5S. The van der Waals surface area contributed by atoms with Crippen LogP contribution >= 0.6 is 11.3 Å². The van der Waals surface area contributed by atoms with E-state index in [4.69, 9.17) is 9.47 Å². The number of aryl methyl sites for hydroxylation is 1. The Morgan fingerprint density at radius 2 is 1.91 bits per heavy atom. The van der Waals surface area contributed by atoms with Gasteiger partial charge < -0.3 is 14.5 Å². The van der Waals surface area contributed by atoms with E-state index in [1.165, 1.54) is 5.38 Å². The average molecular weight is 463 g/mol. The number of H-pyrrole nitrogens is 1. The van der Waals surface area contributed by atoms with Crippen LogP contribution in [0.15, 0.2) is 23.6 Å². The zero-order chi connectivity index (χ0) is 23.4. The summed E-state index contributed by atoms with van der Waals surface area (Å²) in [5.74, 6) is -3.33. The molecule has 1 aromatic carbocycles. The molecule has 0 unspecified atom stereocenters. The maximum absolute atomic E-state index is 13.9. The van der Waals surface area contributed by atoms with Crippen molar-refractivity contribution in [2.75, 3.05) is 18.5 Å². The van der Waals surface area contributed by atoms with Crippen molar-refractivity contribution in [1.29, 1.82) is 0 Å². The molecule has 2 heterocycles. The minimum atomic E-state index is -0.821. The second kappa shape index (κ2) is 9.69. The number of hydrogen-bond acceptors (Lipinski definition) is 7. The number of anilines is 1. The number of benzene rings is 1. The standard InChI is InChI=1S/C21H19F2N3O5S/c1-4-30-19(28)17-10(2)18(24-11(17)3)20(29)31-8-16(27)26-21-25-15(9-32-21)13-7-12(22)5-6-14(13)23/h5-7,9,24H,4,8H2,1-3H3,(H,25,26,27). The fraction of sp³-hybridized carbons (Fsp3) is 0.238. The number of carbonyl (C=O) groups is 3. The van der Waals surface area contributed by atoms with Gasteiger partial charge in [-0.15, -0.1) is 11.3 Å². The van der Waals surface area contributed by atoms with E-state index in [1.807, 2.05) is 0 Å². The highest BCUT2D eigenvalue weighted by Crippen LogP contribution is 2.27. The lowest BCUT2D eigenvalue weighted by atomic mass is 10.1. The fourth-order valence-electron chi connectivity index (χ4n) is 2.97. The van der Waals surface area contributed by atoms with Crippen LogP contribution in [-0.2, 0) is 14.3 Å². The summed E-state index contributed by atoms with van der Waals surface area (Å²) in [4.78, 5) is 43.3. The second-order valence-electron chi connectivity index (χ2n) is 6.63. The number of thiazole rings is 1. The molecule has 0 radical (unpaired) electrons. The summed E-state index contributed by atoms with van der Waals surface area (Å²) in [5, 5.41) is 4.02. The van der Waals surface area contributed by atoms with Gasteiger partial charge in [0.1, 0.15) is 17.3 Å². The Balaban J connectivity index is 1.62. The molecule has 8 nitrogen and oxygen atoms in total. The van der Waals surface area contributed by atoms with Crippen molar-refractivity contribution in [3.63, 3.8) is 0 Å². The van der Waals surface area contributed by atoms with Gasteiger partial charge in [0.2, 0.25) is 0 Å². The molecule has 1 amide bonds. The first kappa shape index (κ1) is 23.1. The fourth-order valence-corrected chi connectivity index (χ4v) is 3.70. The van der Waals surface area contributed by atoms with E-state index in [2.05, 4.69) is 15.3 Å². The van der Waals surface area contributed by atoms with Crippen LogP contribution in [0.3, 0.4) is 0 Å². The van der Waals surface area contributed by atoms with Gasteiger partial charge in [-0.3, -0.25) is 10.1 Å². The number of aromatic nitrogens is 2. The summed E-state index contributed by atoms with van der Waals surface area (Å²) >= 11 is 1.00. The van der Waals surface area contributed by atoms with Crippen LogP contribution < -0.4 is 5.32 Å². The summed E-state index contributed by atoms with van der Waals surface area (Å²) in [6.45, 7) is 4.42. The first-order valence-corrected chi connectivity index (χ1v) is 10.3. The Morgan fingerprint density at radius 1 is 1.16 bits per heavy atom. The highest BCUT2D eigenvalue weighted by atomic mass is 32.1. The van der Waals surface area contributed by atoms with Crippen molar-refractivity contribution in [2.45, 2.75) is 20.8 Å². The first-order chi connectivity index (χ1) is 15.2. The number of hydrogen-bond donors (Lipinski definition) is 2. The highest BCUT2D eigenvalue weighted by molar-refractivity contribution is 7.14. The topological polar surface area (TPSA) is 110 Å². The average Bonchev–Trinajstić information content (AvgIpc) is 3.32. The summed E-state index contributed by atoms with van der Waals surface area (Å²) < 4.78 is 37.2. The molecule has 0 spiro atoms. The number of nitrogens with zero attached hydrogens (tertiary/aromatic N) is 1. The maximum Gasteiger partial charge on any atom is 0.355 e. The molecule has 0 saturated heterocycles. The third kappa shape index (κ3) is 4.99. The largest absolute Gasteiger partial charge is 0.462 e. The van der Waals surface area contributed by atoms with Crippen LogP contribution in [-0.4, -0.2) is 41.0 Å². The van der Waals surface area contributed by atoms with Gasteiger partial charge in [0, 0.05) is 16.6 Å². The number of nitrogens with one attached hydrogen (secondary N) is 2. The lowest BCUT2D eigenvalue weighted by molar-refractivity contribution is -0.119. The van der Waals surface area contributed by atoms with Gasteiger partial charge in [0.15, 0.2) is 11.7 Å². The predicted octanol–water partition coefficient (Wildman–Crippen LogP) is 4.01. The molecular weight excluding hydrogens is 444 g/mol. The highest BCUT2D eigenvalue weighted by Gasteiger charge is 2.24.